The summed E-state index contributed by atoms with van der Waals surface area (Å²) >= 11 is 0. The van der Waals surface area contributed by atoms with Crippen LogP contribution >= 0.6 is 0 Å². The number of hydrogen-bond donors (Lipinski definition) is 0. The smallest absolute Gasteiger partial charge is 0.309 e. The zero-order valence-electron chi connectivity index (χ0n) is 12.0. The second-order valence-corrected chi connectivity index (χ2v) is 5.03. The minimum absolute atomic E-state index is 0.256. The first-order valence-electron chi connectivity index (χ1n) is 7.07. The third-order valence-corrected chi connectivity index (χ3v) is 3.56. The Morgan fingerprint density at radius 3 is 2.65 bits per heavy atom. The number of nitrogens with zero attached hydrogens (tertiary/aromatic N) is 6. The molecule has 0 N–H and O–H groups in total. The van der Waals surface area contributed by atoms with Gasteiger partial charge in [-0.05, 0) is 18.2 Å². The average molecular weight is 307 g/mol. The van der Waals surface area contributed by atoms with Gasteiger partial charge in [-0.3, -0.25) is 0 Å². The molecule has 0 amide bonds. The van der Waals surface area contributed by atoms with Crippen molar-refractivity contribution in [2.24, 2.45) is 0 Å². The molecule has 0 aliphatic heterocycles. The summed E-state index contributed by atoms with van der Waals surface area (Å²) in [6.45, 7) is 0.334. The highest BCUT2D eigenvalue weighted by atomic mass is 19.1. The van der Waals surface area contributed by atoms with Crippen LogP contribution in [0.15, 0.2) is 61.2 Å². The van der Waals surface area contributed by atoms with Gasteiger partial charge >= 0.3 is 5.82 Å². The van der Waals surface area contributed by atoms with Crippen molar-refractivity contribution in [1.82, 2.24) is 25.0 Å². The Labute approximate surface area is 130 Å². The average Bonchev–Trinajstić information content (AvgIpc) is 3.01. The quantitative estimate of drug-likeness (QED) is 0.540. The molecule has 112 valence electrons. The number of pyridine rings is 1. The number of halogens is 1. The van der Waals surface area contributed by atoms with Crippen molar-refractivity contribution in [3.8, 4) is 5.82 Å². The molecule has 0 aliphatic carbocycles. The second kappa shape index (κ2) is 5.53. The standard InChI is InChI=1S/C16H12FN6/c17-13-7-3-2-6-12(13)10-23-11-18-14-15(19-21-20-16(14)23)22-8-4-1-5-9-22/h1-9,11H,10H2/q+1. The molecule has 0 atom stereocenters. The van der Waals surface area contributed by atoms with Gasteiger partial charge in [-0.25, -0.2) is 9.37 Å². The van der Waals surface area contributed by atoms with E-state index in [1.165, 1.54) is 6.07 Å². The molecular formula is C16H12FN6+. The third kappa shape index (κ3) is 2.42. The van der Waals surface area contributed by atoms with E-state index in [2.05, 4.69) is 20.4 Å². The highest BCUT2D eigenvalue weighted by Gasteiger charge is 2.20. The molecule has 0 saturated heterocycles. The largest absolute Gasteiger partial charge is 0.386 e. The lowest BCUT2D eigenvalue weighted by Gasteiger charge is -2.04. The maximum atomic E-state index is 13.8. The number of hydrogen-bond acceptors (Lipinski definition) is 4. The minimum Gasteiger partial charge on any atom is -0.309 e. The van der Waals surface area contributed by atoms with Gasteiger partial charge in [0.1, 0.15) is 10.9 Å². The SMILES string of the molecule is Fc1ccccc1Cn1cnc2c(-[n+]3ccccc3)nnnc21. The van der Waals surface area contributed by atoms with Crippen molar-refractivity contribution in [3.05, 3.63) is 72.6 Å². The zero-order chi connectivity index (χ0) is 15.6. The number of benzene rings is 1. The maximum Gasteiger partial charge on any atom is 0.386 e. The van der Waals surface area contributed by atoms with E-state index >= 15 is 0 Å². The van der Waals surface area contributed by atoms with Gasteiger partial charge in [-0.1, -0.05) is 29.4 Å². The summed E-state index contributed by atoms with van der Waals surface area (Å²) < 4.78 is 17.4. The zero-order valence-corrected chi connectivity index (χ0v) is 12.0. The van der Waals surface area contributed by atoms with Crippen molar-refractivity contribution in [2.45, 2.75) is 6.54 Å². The summed E-state index contributed by atoms with van der Waals surface area (Å²) in [6, 6.07) is 12.3. The van der Waals surface area contributed by atoms with Gasteiger partial charge in [0.25, 0.3) is 0 Å². The Bertz CT molecular complexity index is 967. The Morgan fingerprint density at radius 2 is 1.83 bits per heavy atom. The Hall–Kier alpha value is -3.22. The van der Waals surface area contributed by atoms with E-state index < -0.39 is 0 Å². The fraction of sp³-hybridized carbons (Fsp3) is 0.0625. The van der Waals surface area contributed by atoms with E-state index in [-0.39, 0.29) is 5.82 Å². The van der Waals surface area contributed by atoms with Gasteiger partial charge in [-0.15, -0.1) is 0 Å². The first-order chi connectivity index (χ1) is 11.3. The molecule has 0 unspecified atom stereocenters. The van der Waals surface area contributed by atoms with Crippen LogP contribution < -0.4 is 4.57 Å². The maximum absolute atomic E-state index is 13.8. The summed E-state index contributed by atoms with van der Waals surface area (Å²) in [7, 11) is 0. The first kappa shape index (κ1) is 13.4. The summed E-state index contributed by atoms with van der Waals surface area (Å²) in [5.41, 5.74) is 1.75. The highest BCUT2D eigenvalue weighted by Crippen LogP contribution is 2.15. The normalized spacial score (nSPS) is 11.0. The van der Waals surface area contributed by atoms with Crippen molar-refractivity contribution in [2.75, 3.05) is 0 Å². The molecule has 4 aromatic rings. The molecule has 3 aromatic heterocycles. The molecule has 0 aliphatic rings. The summed E-state index contributed by atoms with van der Waals surface area (Å²) in [5, 5.41) is 11.9. The molecule has 0 bridgehead atoms. The summed E-state index contributed by atoms with van der Waals surface area (Å²) in [5.74, 6) is 0.330. The Balaban J connectivity index is 1.81. The fourth-order valence-corrected chi connectivity index (χ4v) is 2.43. The molecule has 6 nitrogen and oxygen atoms in total. The van der Waals surface area contributed by atoms with Gasteiger partial charge in [0, 0.05) is 5.56 Å². The van der Waals surface area contributed by atoms with Crippen LogP contribution in [-0.2, 0) is 6.54 Å². The number of imidazole rings is 1. The van der Waals surface area contributed by atoms with Gasteiger partial charge in [0.2, 0.25) is 5.52 Å². The number of aromatic nitrogens is 6. The monoisotopic (exact) mass is 307 g/mol. The fourth-order valence-electron chi connectivity index (χ4n) is 2.43. The molecule has 23 heavy (non-hydrogen) atoms. The van der Waals surface area contributed by atoms with E-state index in [9.17, 15) is 4.39 Å². The number of fused-ring (bicyclic) bond motifs is 1. The Morgan fingerprint density at radius 1 is 1.00 bits per heavy atom. The predicted molar refractivity (Wildman–Crippen MR) is 80.2 cm³/mol. The van der Waals surface area contributed by atoms with E-state index in [0.29, 0.717) is 29.1 Å². The van der Waals surface area contributed by atoms with Crippen LogP contribution in [0.1, 0.15) is 5.56 Å². The van der Waals surface area contributed by atoms with Crippen LogP contribution in [0.2, 0.25) is 0 Å². The highest BCUT2D eigenvalue weighted by molar-refractivity contribution is 5.75. The van der Waals surface area contributed by atoms with Gasteiger partial charge < -0.3 is 4.57 Å². The lowest BCUT2D eigenvalue weighted by Crippen LogP contribution is -2.31. The summed E-state index contributed by atoms with van der Waals surface area (Å²) in [4.78, 5) is 4.38. The second-order valence-electron chi connectivity index (χ2n) is 5.03. The molecule has 0 saturated carbocycles. The van der Waals surface area contributed by atoms with Crippen LogP contribution in [0.5, 0.6) is 0 Å². The summed E-state index contributed by atoms with van der Waals surface area (Å²) in [6.07, 6.45) is 5.35. The minimum atomic E-state index is -0.256. The topological polar surface area (TPSA) is 60.4 Å². The van der Waals surface area contributed by atoms with E-state index in [0.717, 1.165) is 0 Å². The van der Waals surface area contributed by atoms with Gasteiger partial charge in [0.15, 0.2) is 5.65 Å². The predicted octanol–water partition coefficient (Wildman–Crippen LogP) is 1.69. The lowest BCUT2D eigenvalue weighted by molar-refractivity contribution is -0.598. The molecule has 0 radical (unpaired) electrons. The molecular weight excluding hydrogens is 295 g/mol. The van der Waals surface area contributed by atoms with Crippen molar-refractivity contribution >= 4 is 11.2 Å². The van der Waals surface area contributed by atoms with E-state index in [1.54, 1.807) is 29.1 Å². The lowest BCUT2D eigenvalue weighted by atomic mass is 10.2. The van der Waals surface area contributed by atoms with Crippen molar-refractivity contribution in [3.63, 3.8) is 0 Å². The molecule has 1 aromatic carbocycles. The Kier molecular flexibility index (Phi) is 3.23. The van der Waals surface area contributed by atoms with Crippen LogP contribution in [0, 0.1) is 5.82 Å². The first-order valence-corrected chi connectivity index (χ1v) is 7.07. The molecule has 0 fully saturated rings. The molecule has 7 heteroatoms. The molecule has 0 spiro atoms. The van der Waals surface area contributed by atoms with Crippen molar-refractivity contribution < 1.29 is 8.96 Å². The molecule has 4 rings (SSSR count). The van der Waals surface area contributed by atoms with E-state index in [4.69, 9.17) is 0 Å². The van der Waals surface area contributed by atoms with Crippen LogP contribution in [-0.4, -0.2) is 25.0 Å². The van der Waals surface area contributed by atoms with Crippen LogP contribution in [0.25, 0.3) is 17.0 Å². The number of rotatable bonds is 3. The van der Waals surface area contributed by atoms with Gasteiger partial charge in [0.05, 0.1) is 30.5 Å². The van der Waals surface area contributed by atoms with Gasteiger partial charge in [-0.2, -0.15) is 4.57 Å². The van der Waals surface area contributed by atoms with Crippen LogP contribution in [0.3, 0.4) is 0 Å². The van der Waals surface area contributed by atoms with Crippen molar-refractivity contribution in [1.29, 1.82) is 0 Å². The molecule has 3 heterocycles. The van der Waals surface area contributed by atoms with E-state index in [1.807, 2.05) is 35.2 Å². The van der Waals surface area contributed by atoms with Crippen LogP contribution in [0.4, 0.5) is 4.39 Å². The third-order valence-electron chi connectivity index (χ3n) is 3.56.